The molecule has 4 aromatic rings. The summed E-state index contributed by atoms with van der Waals surface area (Å²) in [6.45, 7) is 5.71. The highest BCUT2D eigenvalue weighted by molar-refractivity contribution is 6.01. The number of anilines is 1. The van der Waals surface area contributed by atoms with Crippen molar-refractivity contribution in [1.82, 2.24) is 29.5 Å². The van der Waals surface area contributed by atoms with E-state index in [0.29, 0.717) is 18.0 Å². The molecule has 186 valence electrons. The van der Waals surface area contributed by atoms with Crippen LogP contribution in [0, 0.1) is 0 Å². The number of hydrogen-bond acceptors (Lipinski definition) is 6. The van der Waals surface area contributed by atoms with Gasteiger partial charge in [-0.3, -0.25) is 9.58 Å². The van der Waals surface area contributed by atoms with E-state index in [4.69, 9.17) is 9.84 Å². The molecule has 0 saturated carbocycles. The number of urea groups is 1. The highest BCUT2D eigenvalue weighted by Crippen LogP contribution is 2.37. The summed E-state index contributed by atoms with van der Waals surface area (Å²) in [6, 6.07) is 14.0. The van der Waals surface area contributed by atoms with Gasteiger partial charge >= 0.3 is 6.03 Å². The van der Waals surface area contributed by atoms with Crippen molar-refractivity contribution in [3.63, 3.8) is 0 Å². The smallest absolute Gasteiger partial charge is 0.322 e. The van der Waals surface area contributed by atoms with E-state index in [0.717, 1.165) is 40.0 Å². The molecular weight excluding hydrogens is 454 g/mol. The standard InChI is InChI=1S/C27H31N7O2/c1-17-18(2)34(12-11-32(17)3)27(35)30-23-13-20-22(14-24(23)36-5)28-16-29-26(20)21-15-33(4)31-25(21)19-9-7-6-8-10-19/h6-10,13-18H,11-12H2,1-5H3,(H,30,35). The number of benzene rings is 2. The average Bonchev–Trinajstić information content (AvgIpc) is 3.28. The summed E-state index contributed by atoms with van der Waals surface area (Å²) < 4.78 is 7.42. The fourth-order valence-electron chi connectivity index (χ4n) is 4.81. The Morgan fingerprint density at radius 2 is 1.81 bits per heavy atom. The predicted octanol–water partition coefficient (Wildman–Crippen LogP) is 4.26. The van der Waals surface area contributed by atoms with E-state index in [-0.39, 0.29) is 18.1 Å². The van der Waals surface area contributed by atoms with Crippen molar-refractivity contribution in [3.8, 4) is 28.3 Å². The second-order valence-electron chi connectivity index (χ2n) is 9.31. The molecule has 2 aromatic carbocycles. The van der Waals surface area contributed by atoms with E-state index in [1.165, 1.54) is 0 Å². The van der Waals surface area contributed by atoms with Crippen LogP contribution in [0.4, 0.5) is 10.5 Å². The summed E-state index contributed by atoms with van der Waals surface area (Å²) in [5.74, 6) is 0.546. The summed E-state index contributed by atoms with van der Waals surface area (Å²) in [5.41, 5.74) is 4.76. The van der Waals surface area contributed by atoms with Crippen LogP contribution < -0.4 is 10.1 Å². The maximum Gasteiger partial charge on any atom is 0.322 e. The van der Waals surface area contributed by atoms with Gasteiger partial charge in [0.25, 0.3) is 0 Å². The van der Waals surface area contributed by atoms with Gasteiger partial charge in [-0.2, -0.15) is 5.10 Å². The third kappa shape index (κ3) is 4.26. The number of aromatic nitrogens is 4. The average molecular weight is 486 g/mol. The van der Waals surface area contributed by atoms with E-state index < -0.39 is 0 Å². The number of methoxy groups -OCH3 is 1. The second kappa shape index (κ2) is 9.58. The molecule has 1 saturated heterocycles. The molecule has 9 heteroatoms. The molecule has 1 fully saturated rings. The number of nitrogens with zero attached hydrogens (tertiary/aromatic N) is 6. The zero-order valence-electron chi connectivity index (χ0n) is 21.3. The van der Waals surface area contributed by atoms with E-state index in [1.54, 1.807) is 18.1 Å². The quantitative estimate of drug-likeness (QED) is 0.465. The van der Waals surface area contributed by atoms with Crippen LogP contribution in [-0.4, -0.2) is 74.9 Å². The number of nitrogens with one attached hydrogen (secondary N) is 1. The van der Waals surface area contributed by atoms with Gasteiger partial charge in [-0.1, -0.05) is 30.3 Å². The zero-order valence-corrected chi connectivity index (χ0v) is 21.3. The highest BCUT2D eigenvalue weighted by Gasteiger charge is 2.32. The van der Waals surface area contributed by atoms with Gasteiger partial charge in [-0.25, -0.2) is 14.8 Å². The normalized spacial score (nSPS) is 18.4. The molecule has 3 heterocycles. The lowest BCUT2D eigenvalue weighted by atomic mass is 10.0. The Labute approximate surface area is 210 Å². The van der Waals surface area contributed by atoms with Gasteiger partial charge in [0, 0.05) is 61.0 Å². The van der Waals surface area contributed by atoms with Crippen LogP contribution in [0.3, 0.4) is 0 Å². The minimum absolute atomic E-state index is 0.0814. The zero-order chi connectivity index (χ0) is 25.4. The lowest BCUT2D eigenvalue weighted by Crippen LogP contribution is -2.58. The van der Waals surface area contributed by atoms with Crippen molar-refractivity contribution >= 4 is 22.6 Å². The first kappa shape index (κ1) is 23.7. The van der Waals surface area contributed by atoms with Crippen LogP contribution in [0.1, 0.15) is 13.8 Å². The maximum atomic E-state index is 13.3. The Morgan fingerprint density at radius 1 is 1.03 bits per heavy atom. The number of aryl methyl sites for hydroxylation is 1. The van der Waals surface area contributed by atoms with Gasteiger partial charge in [0.2, 0.25) is 0 Å². The largest absolute Gasteiger partial charge is 0.494 e. The van der Waals surface area contributed by atoms with Crippen molar-refractivity contribution in [1.29, 1.82) is 0 Å². The molecule has 36 heavy (non-hydrogen) atoms. The van der Waals surface area contributed by atoms with Gasteiger partial charge in [-0.15, -0.1) is 0 Å². The first-order valence-corrected chi connectivity index (χ1v) is 12.1. The first-order valence-electron chi connectivity index (χ1n) is 12.1. The lowest BCUT2D eigenvalue weighted by Gasteiger charge is -2.43. The first-order chi connectivity index (χ1) is 17.4. The molecule has 1 N–H and O–H groups in total. The van der Waals surface area contributed by atoms with Crippen LogP contribution >= 0.6 is 0 Å². The molecule has 0 bridgehead atoms. The number of hydrogen-bond donors (Lipinski definition) is 1. The summed E-state index contributed by atoms with van der Waals surface area (Å²) in [6.07, 6.45) is 3.50. The number of fused-ring (bicyclic) bond motifs is 1. The summed E-state index contributed by atoms with van der Waals surface area (Å²) >= 11 is 0. The molecule has 0 aliphatic carbocycles. The lowest BCUT2D eigenvalue weighted by molar-refractivity contribution is 0.0795. The maximum absolute atomic E-state index is 13.3. The molecule has 5 rings (SSSR count). The topological polar surface area (TPSA) is 88.4 Å². The molecule has 9 nitrogen and oxygen atoms in total. The Hall–Kier alpha value is -3.98. The van der Waals surface area contributed by atoms with Gasteiger partial charge in [0.1, 0.15) is 17.8 Å². The van der Waals surface area contributed by atoms with Crippen LogP contribution in [0.2, 0.25) is 0 Å². The third-order valence-electron chi connectivity index (χ3n) is 7.17. The monoisotopic (exact) mass is 485 g/mol. The minimum Gasteiger partial charge on any atom is -0.494 e. The van der Waals surface area contributed by atoms with E-state index in [2.05, 4.69) is 41.1 Å². The van der Waals surface area contributed by atoms with Crippen molar-refractivity contribution in [2.24, 2.45) is 7.05 Å². The SMILES string of the molecule is COc1cc2ncnc(-c3cn(C)nc3-c3ccccc3)c2cc1NC(=O)N1CCN(C)C(C)C1C. The van der Waals surface area contributed by atoms with E-state index in [9.17, 15) is 4.79 Å². The molecule has 0 spiro atoms. The van der Waals surface area contributed by atoms with Crippen LogP contribution in [-0.2, 0) is 7.05 Å². The van der Waals surface area contributed by atoms with Crippen LogP contribution in [0.5, 0.6) is 5.75 Å². The Bertz CT molecular complexity index is 1400. The fraction of sp³-hybridized carbons (Fsp3) is 0.333. The third-order valence-corrected chi connectivity index (χ3v) is 7.17. The number of rotatable bonds is 4. The summed E-state index contributed by atoms with van der Waals surface area (Å²) in [5, 5.41) is 8.59. The number of piperazine rings is 1. The van der Waals surface area contributed by atoms with E-state index >= 15 is 0 Å². The molecule has 1 aliphatic rings. The van der Waals surface area contributed by atoms with Crippen molar-refractivity contribution < 1.29 is 9.53 Å². The van der Waals surface area contributed by atoms with Gasteiger partial charge in [-0.05, 0) is 27.0 Å². The van der Waals surface area contributed by atoms with Crippen molar-refractivity contribution in [2.45, 2.75) is 25.9 Å². The van der Waals surface area contributed by atoms with Crippen molar-refractivity contribution in [2.75, 3.05) is 32.6 Å². The molecule has 2 unspecified atom stereocenters. The van der Waals surface area contributed by atoms with E-state index in [1.807, 2.05) is 60.6 Å². The number of amides is 2. The van der Waals surface area contributed by atoms with Gasteiger partial charge in [0.15, 0.2) is 0 Å². The summed E-state index contributed by atoms with van der Waals surface area (Å²) in [7, 11) is 5.58. The molecule has 1 aliphatic heterocycles. The number of carbonyl (C=O) groups excluding carboxylic acids is 1. The number of ether oxygens (including phenoxy) is 1. The number of likely N-dealkylation sites (N-methyl/N-ethyl adjacent to an activating group) is 1. The summed E-state index contributed by atoms with van der Waals surface area (Å²) in [4.78, 5) is 26.6. The van der Waals surface area contributed by atoms with Crippen molar-refractivity contribution in [3.05, 3.63) is 55.0 Å². The predicted molar refractivity (Wildman–Crippen MR) is 141 cm³/mol. The molecule has 2 atom stereocenters. The fourth-order valence-corrected chi connectivity index (χ4v) is 4.81. The molecule has 2 aromatic heterocycles. The molecule has 2 amide bonds. The molecular formula is C27H31N7O2. The molecule has 0 radical (unpaired) electrons. The minimum atomic E-state index is -0.148. The Balaban J connectivity index is 1.57. The number of carbonyl (C=O) groups is 1. The van der Waals surface area contributed by atoms with Crippen LogP contribution in [0.25, 0.3) is 33.4 Å². The Kier molecular flexibility index (Phi) is 6.32. The second-order valence-corrected chi connectivity index (χ2v) is 9.31. The Morgan fingerprint density at radius 3 is 2.56 bits per heavy atom. The highest BCUT2D eigenvalue weighted by atomic mass is 16.5. The van der Waals surface area contributed by atoms with Crippen LogP contribution in [0.15, 0.2) is 55.0 Å². The van der Waals surface area contributed by atoms with Gasteiger partial charge < -0.3 is 15.0 Å². The van der Waals surface area contributed by atoms with Gasteiger partial charge in [0.05, 0.1) is 24.0 Å².